The van der Waals surface area contributed by atoms with E-state index < -0.39 is 0 Å². The number of allylic oxidation sites excluding steroid dienone is 2. The first kappa shape index (κ1) is 17.5. The van der Waals surface area contributed by atoms with Crippen molar-refractivity contribution in [1.82, 2.24) is 5.43 Å². The molecule has 3 saturated carbocycles. The number of hydrogen-bond donors (Lipinski definition) is 3. The molecule has 0 aliphatic heterocycles. The smallest absolute Gasteiger partial charge is 0.184 e. The fraction of sp³-hybridized carbons (Fsp3) is 0.800. The summed E-state index contributed by atoms with van der Waals surface area (Å²) in [5.74, 6) is 2.26. The Labute approximate surface area is 156 Å². The average molecular weight is 362 g/mol. The maximum atomic E-state index is 10.6. The molecule has 4 nitrogen and oxygen atoms in total. The molecule has 0 aromatic heterocycles. The Kier molecular flexibility index (Phi) is 4.23. The van der Waals surface area contributed by atoms with Gasteiger partial charge in [-0.15, -0.1) is 0 Å². The summed E-state index contributed by atoms with van der Waals surface area (Å²) >= 11 is 4.86. The van der Waals surface area contributed by atoms with Crippen LogP contribution in [0.3, 0.4) is 0 Å². The second-order valence-corrected chi connectivity index (χ2v) is 9.66. The number of nitrogens with one attached hydrogen (secondary N) is 1. The third kappa shape index (κ3) is 2.66. The Bertz CT molecular complexity index is 645. The van der Waals surface area contributed by atoms with E-state index in [1.165, 1.54) is 38.5 Å². The summed E-state index contributed by atoms with van der Waals surface area (Å²) in [6.45, 7) is 4.84. The summed E-state index contributed by atoms with van der Waals surface area (Å²) in [4.78, 5) is 0. The molecule has 138 valence electrons. The summed E-state index contributed by atoms with van der Waals surface area (Å²) in [7, 11) is 0. The second kappa shape index (κ2) is 6.05. The van der Waals surface area contributed by atoms with Gasteiger partial charge >= 0.3 is 0 Å². The number of aliphatic hydroxyl groups is 1. The van der Waals surface area contributed by atoms with Crippen molar-refractivity contribution in [3.63, 3.8) is 0 Å². The Morgan fingerprint density at radius 3 is 2.76 bits per heavy atom. The molecule has 0 heterocycles. The first-order valence-corrected chi connectivity index (χ1v) is 10.3. The molecule has 0 saturated heterocycles. The molecule has 4 aliphatic carbocycles. The monoisotopic (exact) mass is 361 g/mol. The van der Waals surface area contributed by atoms with Crippen LogP contribution in [0.4, 0.5) is 0 Å². The normalized spacial score (nSPS) is 47.5. The van der Waals surface area contributed by atoms with Gasteiger partial charge in [0.05, 0.1) is 11.8 Å². The number of hydrazone groups is 1. The summed E-state index contributed by atoms with van der Waals surface area (Å²) in [5.41, 5.74) is 11.4. The lowest BCUT2D eigenvalue weighted by atomic mass is 9.47. The molecule has 0 amide bonds. The van der Waals surface area contributed by atoms with Crippen molar-refractivity contribution >= 4 is 23.0 Å². The molecule has 4 rings (SSSR count). The Hall–Kier alpha value is -0.940. The van der Waals surface area contributed by atoms with Crippen LogP contribution >= 0.6 is 12.2 Å². The zero-order valence-corrected chi connectivity index (χ0v) is 16.2. The lowest BCUT2D eigenvalue weighted by Gasteiger charge is -2.57. The highest BCUT2D eigenvalue weighted by Crippen LogP contribution is 2.65. The van der Waals surface area contributed by atoms with Gasteiger partial charge in [0, 0.05) is 0 Å². The van der Waals surface area contributed by atoms with E-state index in [2.05, 4.69) is 30.5 Å². The molecule has 0 bridgehead atoms. The maximum absolute atomic E-state index is 10.6. The third-order valence-electron chi connectivity index (χ3n) is 8.24. The van der Waals surface area contributed by atoms with E-state index in [1.807, 2.05) is 0 Å². The molecule has 0 aromatic rings. The van der Waals surface area contributed by atoms with Crippen molar-refractivity contribution in [2.45, 2.75) is 71.3 Å². The highest BCUT2D eigenvalue weighted by atomic mass is 32.1. The van der Waals surface area contributed by atoms with Gasteiger partial charge in [0.1, 0.15) is 0 Å². The van der Waals surface area contributed by atoms with Crippen LogP contribution in [0.2, 0.25) is 0 Å². The van der Waals surface area contributed by atoms with Crippen LogP contribution in [0.1, 0.15) is 65.2 Å². The SMILES string of the molecule is C[C@]12CC[C@H]3[C@@H](CCC4=C/C(=N/NC(N)=S)CC[C@@]43C)[C@@H]1CC[C@@H]2O. The molecule has 6 atom stereocenters. The number of nitrogens with two attached hydrogens (primary N) is 1. The van der Waals surface area contributed by atoms with Crippen LogP contribution in [0.5, 0.6) is 0 Å². The Morgan fingerprint density at radius 1 is 1.20 bits per heavy atom. The van der Waals surface area contributed by atoms with Crippen LogP contribution < -0.4 is 11.2 Å². The molecule has 4 N–H and O–H groups in total. The summed E-state index contributed by atoms with van der Waals surface area (Å²) in [6, 6.07) is 0. The van der Waals surface area contributed by atoms with Gasteiger partial charge in [-0.3, -0.25) is 5.43 Å². The topological polar surface area (TPSA) is 70.6 Å². The molecular weight excluding hydrogens is 330 g/mol. The highest BCUT2D eigenvalue weighted by Gasteiger charge is 2.58. The fourth-order valence-corrected chi connectivity index (χ4v) is 6.80. The summed E-state index contributed by atoms with van der Waals surface area (Å²) in [5, 5.41) is 15.2. The van der Waals surface area contributed by atoms with Crippen LogP contribution in [-0.2, 0) is 0 Å². The molecular formula is C20H31N3OS. The fourth-order valence-electron chi connectivity index (χ4n) is 6.76. The minimum atomic E-state index is -0.0838. The molecule has 4 aliphatic rings. The van der Waals surface area contributed by atoms with Gasteiger partial charge in [-0.25, -0.2) is 0 Å². The number of aliphatic hydroxyl groups excluding tert-OH is 1. The van der Waals surface area contributed by atoms with Crippen LogP contribution in [0.15, 0.2) is 16.8 Å². The molecule has 5 heteroatoms. The minimum Gasteiger partial charge on any atom is -0.393 e. The standard InChI is InChI=1S/C20H31N3OS/c1-19-9-7-13(22-23-18(21)25)11-12(19)3-4-14-15-5-6-17(24)20(15,2)10-8-16(14)19/h11,14-17,24H,3-10H2,1-2H3,(H3,21,23,25)/b22-13+/t14-,15-,16-,17-,19-,20-/m0/s1. The van der Waals surface area contributed by atoms with Crippen LogP contribution in [0.25, 0.3) is 0 Å². The Balaban J connectivity index is 1.60. The zero-order chi connectivity index (χ0) is 17.8. The van der Waals surface area contributed by atoms with E-state index in [-0.39, 0.29) is 16.6 Å². The van der Waals surface area contributed by atoms with Crippen molar-refractivity contribution in [2.24, 2.45) is 39.4 Å². The van der Waals surface area contributed by atoms with Gasteiger partial charge in [-0.1, -0.05) is 19.4 Å². The Morgan fingerprint density at radius 2 is 2.00 bits per heavy atom. The number of thiocarbonyl (C=S) groups is 1. The number of rotatable bonds is 1. The van der Waals surface area contributed by atoms with Gasteiger partial charge in [0.15, 0.2) is 5.11 Å². The predicted molar refractivity (Wildman–Crippen MR) is 105 cm³/mol. The van der Waals surface area contributed by atoms with Gasteiger partial charge < -0.3 is 10.8 Å². The second-order valence-electron chi connectivity index (χ2n) is 9.22. The largest absolute Gasteiger partial charge is 0.393 e. The third-order valence-corrected chi connectivity index (χ3v) is 8.33. The van der Waals surface area contributed by atoms with Gasteiger partial charge in [-0.05, 0) is 98.2 Å². The zero-order valence-electron chi connectivity index (χ0n) is 15.4. The van der Waals surface area contributed by atoms with Gasteiger partial charge in [0.25, 0.3) is 0 Å². The number of fused-ring (bicyclic) bond motifs is 5. The minimum absolute atomic E-state index is 0.0838. The molecule has 0 unspecified atom stereocenters. The van der Waals surface area contributed by atoms with E-state index in [9.17, 15) is 5.11 Å². The van der Waals surface area contributed by atoms with E-state index >= 15 is 0 Å². The van der Waals surface area contributed by atoms with Crippen LogP contribution in [0, 0.1) is 28.6 Å². The van der Waals surface area contributed by atoms with Crippen molar-refractivity contribution in [1.29, 1.82) is 0 Å². The molecule has 0 radical (unpaired) electrons. The van der Waals surface area contributed by atoms with Crippen molar-refractivity contribution in [3.05, 3.63) is 11.6 Å². The van der Waals surface area contributed by atoms with E-state index in [0.717, 1.165) is 30.4 Å². The van der Waals surface area contributed by atoms with E-state index in [0.29, 0.717) is 11.3 Å². The number of nitrogens with zero attached hydrogens (tertiary/aromatic N) is 1. The first-order chi connectivity index (χ1) is 11.8. The van der Waals surface area contributed by atoms with E-state index in [1.54, 1.807) is 5.57 Å². The quantitative estimate of drug-likeness (QED) is 0.494. The van der Waals surface area contributed by atoms with Gasteiger partial charge in [-0.2, -0.15) is 5.10 Å². The number of hydrogen-bond acceptors (Lipinski definition) is 3. The maximum Gasteiger partial charge on any atom is 0.184 e. The van der Waals surface area contributed by atoms with Gasteiger partial charge in [0.2, 0.25) is 0 Å². The van der Waals surface area contributed by atoms with Crippen LogP contribution in [-0.4, -0.2) is 22.0 Å². The molecule has 3 fully saturated rings. The summed E-state index contributed by atoms with van der Waals surface area (Å²) in [6.07, 6.45) is 11.5. The molecule has 0 aromatic carbocycles. The predicted octanol–water partition coefficient (Wildman–Crippen LogP) is 3.50. The first-order valence-electron chi connectivity index (χ1n) is 9.86. The summed E-state index contributed by atoms with van der Waals surface area (Å²) < 4.78 is 0. The molecule has 0 spiro atoms. The highest BCUT2D eigenvalue weighted by molar-refractivity contribution is 7.80. The lowest BCUT2D eigenvalue weighted by Crippen LogP contribution is -2.51. The lowest BCUT2D eigenvalue weighted by molar-refractivity contribution is -0.0721. The average Bonchev–Trinajstić information content (AvgIpc) is 2.88. The van der Waals surface area contributed by atoms with Crippen molar-refractivity contribution in [3.8, 4) is 0 Å². The molecule has 25 heavy (non-hydrogen) atoms. The van der Waals surface area contributed by atoms with E-state index in [4.69, 9.17) is 18.0 Å². The van der Waals surface area contributed by atoms with Crippen molar-refractivity contribution in [2.75, 3.05) is 0 Å². The van der Waals surface area contributed by atoms with Crippen molar-refractivity contribution < 1.29 is 5.11 Å².